The molecule has 0 spiro atoms. The summed E-state index contributed by atoms with van der Waals surface area (Å²) in [5.74, 6) is 0.386. The summed E-state index contributed by atoms with van der Waals surface area (Å²) in [6.45, 7) is 5.91. The van der Waals surface area contributed by atoms with Crippen LogP contribution < -0.4 is 10.0 Å². The van der Waals surface area contributed by atoms with Crippen LogP contribution in [0, 0.1) is 0 Å². The van der Waals surface area contributed by atoms with Crippen LogP contribution in [0.4, 0.5) is 0 Å². The van der Waals surface area contributed by atoms with Crippen molar-refractivity contribution >= 4 is 10.0 Å². The minimum atomic E-state index is -3.49. The van der Waals surface area contributed by atoms with E-state index in [2.05, 4.69) is 23.9 Å². The number of sulfonamides is 1. The Bertz CT molecular complexity index is 576. The highest BCUT2D eigenvalue weighted by Crippen LogP contribution is 2.21. The summed E-state index contributed by atoms with van der Waals surface area (Å²) >= 11 is 0. The van der Waals surface area contributed by atoms with Gasteiger partial charge in [-0.05, 0) is 43.0 Å². The fourth-order valence-corrected chi connectivity index (χ4v) is 3.95. The lowest BCUT2D eigenvalue weighted by Crippen LogP contribution is -2.52. The van der Waals surface area contributed by atoms with Gasteiger partial charge in [0.1, 0.15) is 0 Å². The molecule has 1 aliphatic rings. The minimum Gasteiger partial charge on any atom is -0.383 e. The molecule has 124 valence electrons. The molecule has 1 unspecified atom stereocenters. The monoisotopic (exact) mass is 326 g/mol. The van der Waals surface area contributed by atoms with Gasteiger partial charge in [0.2, 0.25) is 10.0 Å². The van der Waals surface area contributed by atoms with Crippen molar-refractivity contribution in [2.45, 2.75) is 43.0 Å². The van der Waals surface area contributed by atoms with Gasteiger partial charge in [0.25, 0.3) is 0 Å². The average molecular weight is 326 g/mol. The molecule has 2 rings (SSSR count). The first kappa shape index (κ1) is 17.4. The van der Waals surface area contributed by atoms with Crippen molar-refractivity contribution in [1.29, 1.82) is 0 Å². The Morgan fingerprint density at radius 1 is 1.32 bits per heavy atom. The van der Waals surface area contributed by atoms with Crippen molar-refractivity contribution in [1.82, 2.24) is 10.0 Å². The second-order valence-corrected chi connectivity index (χ2v) is 8.06. The van der Waals surface area contributed by atoms with E-state index in [-0.39, 0.29) is 5.54 Å². The molecule has 6 heteroatoms. The van der Waals surface area contributed by atoms with E-state index in [0.717, 1.165) is 24.9 Å². The zero-order valence-corrected chi connectivity index (χ0v) is 14.4. The van der Waals surface area contributed by atoms with E-state index in [1.807, 2.05) is 12.1 Å². The van der Waals surface area contributed by atoms with Crippen LogP contribution in [-0.4, -0.2) is 40.8 Å². The molecule has 0 bridgehead atoms. The van der Waals surface area contributed by atoms with E-state index in [1.165, 1.54) is 0 Å². The zero-order chi connectivity index (χ0) is 16.2. The van der Waals surface area contributed by atoms with E-state index < -0.39 is 10.0 Å². The highest BCUT2D eigenvalue weighted by Gasteiger charge is 2.34. The fourth-order valence-electron chi connectivity index (χ4n) is 2.82. The van der Waals surface area contributed by atoms with Crippen molar-refractivity contribution in [3.05, 3.63) is 29.8 Å². The first-order valence-electron chi connectivity index (χ1n) is 7.72. The van der Waals surface area contributed by atoms with Gasteiger partial charge in [-0.1, -0.05) is 26.0 Å². The summed E-state index contributed by atoms with van der Waals surface area (Å²) < 4.78 is 32.8. The number of methoxy groups -OCH3 is 1. The van der Waals surface area contributed by atoms with Crippen molar-refractivity contribution < 1.29 is 13.2 Å². The first-order chi connectivity index (χ1) is 10.4. The molecule has 1 saturated heterocycles. The summed E-state index contributed by atoms with van der Waals surface area (Å²) in [6, 6.07) is 7.08. The van der Waals surface area contributed by atoms with Gasteiger partial charge >= 0.3 is 0 Å². The topological polar surface area (TPSA) is 67.4 Å². The van der Waals surface area contributed by atoms with Gasteiger partial charge in [-0.25, -0.2) is 13.1 Å². The van der Waals surface area contributed by atoms with Crippen molar-refractivity contribution in [2.24, 2.45) is 0 Å². The molecule has 1 fully saturated rings. The predicted molar refractivity (Wildman–Crippen MR) is 87.6 cm³/mol. The maximum Gasteiger partial charge on any atom is 0.240 e. The molecule has 0 amide bonds. The van der Waals surface area contributed by atoms with E-state index in [9.17, 15) is 8.42 Å². The Hall–Kier alpha value is -0.950. The summed E-state index contributed by atoms with van der Waals surface area (Å²) in [6.07, 6.45) is 1.95. The highest BCUT2D eigenvalue weighted by molar-refractivity contribution is 7.89. The Morgan fingerprint density at radius 3 is 2.50 bits per heavy atom. The predicted octanol–water partition coefficient (Wildman–Crippen LogP) is 1.86. The summed E-state index contributed by atoms with van der Waals surface area (Å²) in [4.78, 5) is 0.308. The number of rotatable bonds is 7. The van der Waals surface area contributed by atoms with E-state index in [1.54, 1.807) is 19.2 Å². The first-order valence-corrected chi connectivity index (χ1v) is 9.20. The SMILES string of the molecule is COCC1(CNS(=O)(=O)c2ccc(C(C)C)cc2)CCCN1. The number of ether oxygens (including phenoxy) is 1. The Labute approximate surface area is 133 Å². The Kier molecular flexibility index (Phi) is 5.60. The second-order valence-electron chi connectivity index (χ2n) is 6.29. The lowest BCUT2D eigenvalue weighted by molar-refractivity contribution is 0.122. The maximum atomic E-state index is 12.4. The standard InChI is InChI=1S/C16H26N2O3S/c1-13(2)14-5-7-15(8-6-14)22(19,20)18-11-16(12-21-3)9-4-10-17-16/h5-8,13,17-18H,4,9-12H2,1-3H3. The van der Waals surface area contributed by atoms with Crippen LogP contribution in [0.1, 0.15) is 38.2 Å². The summed E-state index contributed by atoms with van der Waals surface area (Å²) in [5.41, 5.74) is 0.840. The van der Waals surface area contributed by atoms with Crippen LogP contribution in [0.15, 0.2) is 29.2 Å². The molecule has 1 aromatic rings. The summed E-state index contributed by atoms with van der Waals surface area (Å²) in [7, 11) is -1.85. The van der Waals surface area contributed by atoms with Crippen molar-refractivity contribution in [3.63, 3.8) is 0 Å². The van der Waals surface area contributed by atoms with Crippen LogP contribution in [-0.2, 0) is 14.8 Å². The molecule has 0 radical (unpaired) electrons. The Morgan fingerprint density at radius 2 is 2.00 bits per heavy atom. The third kappa shape index (κ3) is 4.07. The van der Waals surface area contributed by atoms with Crippen molar-refractivity contribution in [3.8, 4) is 0 Å². The molecule has 1 aliphatic heterocycles. The average Bonchev–Trinajstić information content (AvgIpc) is 2.95. The lowest BCUT2D eigenvalue weighted by Gasteiger charge is -2.28. The molecule has 0 aromatic heterocycles. The van der Waals surface area contributed by atoms with E-state index in [4.69, 9.17) is 4.74 Å². The van der Waals surface area contributed by atoms with Gasteiger partial charge in [0.15, 0.2) is 0 Å². The maximum absolute atomic E-state index is 12.4. The molecular weight excluding hydrogens is 300 g/mol. The van der Waals surface area contributed by atoms with Gasteiger partial charge < -0.3 is 10.1 Å². The molecule has 2 N–H and O–H groups in total. The van der Waals surface area contributed by atoms with Gasteiger partial charge in [-0.15, -0.1) is 0 Å². The van der Waals surface area contributed by atoms with E-state index in [0.29, 0.717) is 24.0 Å². The largest absolute Gasteiger partial charge is 0.383 e. The van der Waals surface area contributed by atoms with Crippen LogP contribution in [0.5, 0.6) is 0 Å². The third-order valence-corrected chi connectivity index (χ3v) is 5.63. The molecule has 1 heterocycles. The molecule has 1 aromatic carbocycles. The molecule has 22 heavy (non-hydrogen) atoms. The van der Waals surface area contributed by atoms with Crippen LogP contribution >= 0.6 is 0 Å². The smallest absolute Gasteiger partial charge is 0.240 e. The highest BCUT2D eigenvalue weighted by atomic mass is 32.2. The van der Waals surface area contributed by atoms with Crippen LogP contribution in [0.2, 0.25) is 0 Å². The van der Waals surface area contributed by atoms with Crippen LogP contribution in [0.25, 0.3) is 0 Å². The zero-order valence-electron chi connectivity index (χ0n) is 13.6. The van der Waals surface area contributed by atoms with Crippen molar-refractivity contribution in [2.75, 3.05) is 26.8 Å². The van der Waals surface area contributed by atoms with Gasteiger partial charge in [0.05, 0.1) is 17.0 Å². The molecular formula is C16H26N2O3S. The quantitative estimate of drug-likeness (QED) is 0.802. The fraction of sp³-hybridized carbons (Fsp3) is 0.625. The summed E-state index contributed by atoms with van der Waals surface area (Å²) in [5, 5.41) is 3.37. The minimum absolute atomic E-state index is 0.292. The number of benzene rings is 1. The van der Waals surface area contributed by atoms with Gasteiger partial charge in [0, 0.05) is 13.7 Å². The Balaban J connectivity index is 2.07. The second kappa shape index (κ2) is 7.08. The van der Waals surface area contributed by atoms with E-state index >= 15 is 0 Å². The lowest BCUT2D eigenvalue weighted by atomic mass is 9.99. The molecule has 1 atom stereocenters. The number of nitrogens with one attached hydrogen (secondary N) is 2. The normalized spacial score (nSPS) is 22.4. The van der Waals surface area contributed by atoms with Gasteiger partial charge in [-0.3, -0.25) is 0 Å². The third-order valence-electron chi connectivity index (χ3n) is 4.21. The van der Waals surface area contributed by atoms with Crippen LogP contribution in [0.3, 0.4) is 0 Å². The molecule has 5 nitrogen and oxygen atoms in total. The number of hydrogen-bond acceptors (Lipinski definition) is 4. The molecule has 0 aliphatic carbocycles. The number of hydrogen-bond donors (Lipinski definition) is 2. The van der Waals surface area contributed by atoms with Gasteiger partial charge in [-0.2, -0.15) is 0 Å². The molecule has 0 saturated carbocycles.